The molecule has 3 aromatic heterocycles. The quantitative estimate of drug-likeness (QED) is 0.699. The molecule has 1 saturated carbocycles. The van der Waals surface area contributed by atoms with Gasteiger partial charge < -0.3 is 10.2 Å². The molecule has 0 atom stereocenters. The third-order valence-electron chi connectivity index (χ3n) is 6.15. The molecule has 3 aromatic rings. The second kappa shape index (κ2) is 7.48. The number of aromatic nitrogens is 4. The summed E-state index contributed by atoms with van der Waals surface area (Å²) in [6, 6.07) is 6.18. The number of nitrogens with zero attached hydrogens (tertiary/aromatic N) is 5. The molecule has 0 saturated heterocycles. The van der Waals surface area contributed by atoms with E-state index < -0.39 is 0 Å². The number of carbonyl (C=O) groups is 1. The number of pyridine rings is 2. The van der Waals surface area contributed by atoms with E-state index in [1.54, 1.807) is 19.3 Å². The minimum Gasteiger partial charge on any atom is -0.348 e. The smallest absolute Gasteiger partial charge is 0.230 e. The highest BCUT2D eigenvalue weighted by atomic mass is 16.1. The Bertz CT molecular complexity index is 1170. The second-order valence-corrected chi connectivity index (χ2v) is 8.05. The number of allylic oxidation sites excluding steroid dienone is 1. The van der Waals surface area contributed by atoms with Crippen molar-refractivity contribution in [2.75, 3.05) is 16.8 Å². The summed E-state index contributed by atoms with van der Waals surface area (Å²) < 4.78 is 0. The molecule has 0 radical (unpaired) electrons. The predicted molar refractivity (Wildman–Crippen MR) is 118 cm³/mol. The minimum absolute atomic E-state index is 0.123. The first-order valence-corrected chi connectivity index (χ1v) is 10.4. The van der Waals surface area contributed by atoms with Crippen molar-refractivity contribution < 1.29 is 4.79 Å². The van der Waals surface area contributed by atoms with E-state index in [4.69, 9.17) is 4.98 Å². The van der Waals surface area contributed by atoms with Gasteiger partial charge in [0.25, 0.3) is 0 Å². The first-order chi connectivity index (χ1) is 14.6. The number of anilines is 3. The van der Waals surface area contributed by atoms with Crippen LogP contribution in [0.1, 0.15) is 45.1 Å². The van der Waals surface area contributed by atoms with Gasteiger partial charge in [-0.25, -0.2) is 9.97 Å². The van der Waals surface area contributed by atoms with Gasteiger partial charge in [-0.05, 0) is 50.5 Å². The van der Waals surface area contributed by atoms with Gasteiger partial charge in [0.1, 0.15) is 11.6 Å². The van der Waals surface area contributed by atoms with Gasteiger partial charge in [-0.3, -0.25) is 9.78 Å². The molecule has 1 N–H and O–H groups in total. The molecule has 4 heterocycles. The van der Waals surface area contributed by atoms with Crippen LogP contribution in [-0.2, 0) is 4.79 Å². The van der Waals surface area contributed by atoms with Crippen molar-refractivity contribution in [2.45, 2.75) is 45.6 Å². The lowest BCUT2D eigenvalue weighted by Gasteiger charge is -2.36. The summed E-state index contributed by atoms with van der Waals surface area (Å²) in [4.78, 5) is 32.7. The Labute approximate surface area is 175 Å². The van der Waals surface area contributed by atoms with Crippen molar-refractivity contribution in [3.63, 3.8) is 0 Å². The topological polar surface area (TPSA) is 83.9 Å². The van der Waals surface area contributed by atoms with Crippen molar-refractivity contribution >= 4 is 39.8 Å². The maximum absolute atomic E-state index is 12.2. The number of ketones is 1. The highest BCUT2D eigenvalue weighted by Gasteiger charge is 2.32. The van der Waals surface area contributed by atoms with Crippen LogP contribution in [0.25, 0.3) is 16.5 Å². The molecule has 0 aromatic carbocycles. The van der Waals surface area contributed by atoms with Gasteiger partial charge in [0.05, 0.1) is 5.52 Å². The van der Waals surface area contributed by atoms with Crippen LogP contribution in [0.15, 0.2) is 42.4 Å². The lowest BCUT2D eigenvalue weighted by molar-refractivity contribution is -0.113. The number of hydrogen-bond acceptors (Lipinski definition) is 7. The lowest BCUT2D eigenvalue weighted by Crippen LogP contribution is -2.39. The van der Waals surface area contributed by atoms with E-state index in [2.05, 4.69) is 25.2 Å². The largest absolute Gasteiger partial charge is 0.348 e. The molecule has 0 bridgehead atoms. The number of nitrogens with one attached hydrogen (secondary N) is 1. The summed E-state index contributed by atoms with van der Waals surface area (Å²) in [5.74, 6) is 2.23. The maximum Gasteiger partial charge on any atom is 0.230 e. The molecule has 7 heteroatoms. The van der Waals surface area contributed by atoms with Gasteiger partial charge >= 0.3 is 0 Å². The second-order valence-electron chi connectivity index (χ2n) is 8.05. The van der Waals surface area contributed by atoms with Crippen LogP contribution >= 0.6 is 0 Å². The van der Waals surface area contributed by atoms with Crippen LogP contribution in [0.3, 0.4) is 0 Å². The number of hydrogen-bond donors (Lipinski definition) is 1. The normalized spacial score (nSPS) is 16.8. The van der Waals surface area contributed by atoms with E-state index in [1.165, 1.54) is 12.8 Å². The molecule has 1 fully saturated rings. The van der Waals surface area contributed by atoms with Gasteiger partial charge in [0.15, 0.2) is 5.78 Å². The lowest BCUT2D eigenvalue weighted by atomic mass is 9.94. The SMILES string of the molecule is CC(=O)C1=C(C)c2cnc(Nc3ccc4cnccc4n3)nc2N(C2CCCC2)C1. The number of fused-ring (bicyclic) bond motifs is 2. The highest BCUT2D eigenvalue weighted by molar-refractivity contribution is 6.04. The van der Waals surface area contributed by atoms with Crippen molar-refractivity contribution in [2.24, 2.45) is 0 Å². The summed E-state index contributed by atoms with van der Waals surface area (Å²) in [5.41, 5.74) is 3.66. The molecule has 0 amide bonds. The van der Waals surface area contributed by atoms with Crippen molar-refractivity contribution in [3.05, 3.63) is 47.9 Å². The minimum atomic E-state index is 0.123. The van der Waals surface area contributed by atoms with Crippen LogP contribution in [-0.4, -0.2) is 38.3 Å². The molecule has 30 heavy (non-hydrogen) atoms. The van der Waals surface area contributed by atoms with Crippen LogP contribution in [0.2, 0.25) is 0 Å². The Morgan fingerprint density at radius 1 is 1.13 bits per heavy atom. The van der Waals surface area contributed by atoms with Crippen LogP contribution in [0.5, 0.6) is 0 Å². The summed E-state index contributed by atoms with van der Waals surface area (Å²) in [7, 11) is 0. The fourth-order valence-electron chi connectivity index (χ4n) is 4.49. The highest BCUT2D eigenvalue weighted by Crippen LogP contribution is 2.38. The van der Waals surface area contributed by atoms with Crippen LogP contribution < -0.4 is 10.2 Å². The van der Waals surface area contributed by atoms with E-state index >= 15 is 0 Å². The molecule has 2 aliphatic rings. The van der Waals surface area contributed by atoms with Crippen molar-refractivity contribution in [3.8, 4) is 0 Å². The first-order valence-electron chi connectivity index (χ1n) is 10.4. The van der Waals surface area contributed by atoms with Crippen LogP contribution in [0.4, 0.5) is 17.6 Å². The van der Waals surface area contributed by atoms with E-state index in [0.29, 0.717) is 24.4 Å². The van der Waals surface area contributed by atoms with Gasteiger partial charge in [0, 0.05) is 47.7 Å². The van der Waals surface area contributed by atoms with E-state index in [-0.39, 0.29) is 5.78 Å². The van der Waals surface area contributed by atoms with E-state index in [1.807, 2.05) is 31.3 Å². The Kier molecular flexibility index (Phi) is 4.65. The molecule has 1 aliphatic heterocycles. The van der Waals surface area contributed by atoms with Gasteiger partial charge in [-0.15, -0.1) is 0 Å². The van der Waals surface area contributed by atoms with Gasteiger partial charge in [-0.2, -0.15) is 4.98 Å². The fraction of sp³-hybridized carbons (Fsp3) is 0.348. The van der Waals surface area contributed by atoms with E-state index in [0.717, 1.165) is 46.3 Å². The monoisotopic (exact) mass is 400 g/mol. The Hall–Kier alpha value is -3.35. The van der Waals surface area contributed by atoms with Gasteiger partial charge in [-0.1, -0.05) is 12.8 Å². The van der Waals surface area contributed by atoms with E-state index in [9.17, 15) is 4.79 Å². The Balaban J connectivity index is 1.52. The van der Waals surface area contributed by atoms with Gasteiger partial charge in [0.2, 0.25) is 5.95 Å². The molecule has 0 spiro atoms. The maximum atomic E-state index is 12.2. The van der Waals surface area contributed by atoms with Crippen molar-refractivity contribution in [1.82, 2.24) is 19.9 Å². The predicted octanol–water partition coefficient (Wildman–Crippen LogP) is 4.29. The summed E-state index contributed by atoms with van der Waals surface area (Å²) in [6.45, 7) is 4.27. The standard InChI is InChI=1S/C23H24N6O/c1-14-18-12-25-23(27-21-8-7-16-11-24-10-9-20(16)26-21)28-22(18)29(13-19(14)15(2)30)17-5-3-4-6-17/h7-12,17H,3-6,13H2,1-2H3,(H,25,26,27,28). The molecule has 1 aliphatic carbocycles. The zero-order valence-corrected chi connectivity index (χ0v) is 17.2. The first kappa shape index (κ1) is 18.7. The zero-order valence-electron chi connectivity index (χ0n) is 17.2. The zero-order chi connectivity index (χ0) is 20.7. The Morgan fingerprint density at radius 2 is 1.97 bits per heavy atom. The van der Waals surface area contributed by atoms with Crippen LogP contribution in [0, 0.1) is 0 Å². The molecule has 0 unspecified atom stereocenters. The third kappa shape index (κ3) is 3.30. The summed E-state index contributed by atoms with van der Waals surface area (Å²) in [5, 5.41) is 4.23. The molecule has 7 nitrogen and oxygen atoms in total. The average Bonchev–Trinajstić information content (AvgIpc) is 3.28. The molecule has 5 rings (SSSR count). The molecular formula is C23H24N6O. The summed E-state index contributed by atoms with van der Waals surface area (Å²) >= 11 is 0. The van der Waals surface area contributed by atoms with Crippen molar-refractivity contribution in [1.29, 1.82) is 0 Å². The number of rotatable bonds is 4. The molecular weight excluding hydrogens is 376 g/mol. The Morgan fingerprint density at radius 3 is 2.77 bits per heavy atom. The average molecular weight is 400 g/mol. The fourth-order valence-corrected chi connectivity index (χ4v) is 4.49. The third-order valence-corrected chi connectivity index (χ3v) is 6.15. The molecule has 152 valence electrons. The number of Topliss-reactive ketones (excluding diaryl/α,β-unsaturated/α-hetero) is 1. The number of carbonyl (C=O) groups excluding carboxylic acids is 1. The summed E-state index contributed by atoms with van der Waals surface area (Å²) in [6.07, 6.45) is 10.1.